The van der Waals surface area contributed by atoms with E-state index >= 15 is 0 Å². The van der Waals surface area contributed by atoms with Crippen molar-refractivity contribution in [2.45, 2.75) is 26.1 Å². The molecule has 1 aromatic heterocycles. The third kappa shape index (κ3) is 4.18. The zero-order valence-corrected chi connectivity index (χ0v) is 12.4. The standard InChI is InChI=1S/C16H21N3O2/c1-12(19(2)10-14-6-7-21-11-14)16(20)18-15-5-3-4-13(8-15)9-17/h3-8,11-12H,9-10,17H2,1-2H3,(H,18,20). The molecular formula is C16H21N3O2. The van der Waals surface area contributed by atoms with Crippen LogP contribution in [0.1, 0.15) is 18.1 Å². The maximum absolute atomic E-state index is 12.3. The Morgan fingerprint density at radius 3 is 2.86 bits per heavy atom. The fourth-order valence-corrected chi connectivity index (χ4v) is 2.03. The normalized spacial score (nSPS) is 12.4. The summed E-state index contributed by atoms with van der Waals surface area (Å²) in [6.07, 6.45) is 3.32. The molecule has 1 amide bonds. The molecule has 0 aliphatic rings. The average Bonchev–Trinajstić information content (AvgIpc) is 2.99. The molecule has 0 bridgehead atoms. The van der Waals surface area contributed by atoms with Gasteiger partial charge in [-0.1, -0.05) is 12.1 Å². The van der Waals surface area contributed by atoms with Crippen molar-refractivity contribution >= 4 is 11.6 Å². The Morgan fingerprint density at radius 2 is 2.19 bits per heavy atom. The Balaban J connectivity index is 1.95. The topological polar surface area (TPSA) is 71.5 Å². The second kappa shape index (κ2) is 7.06. The van der Waals surface area contributed by atoms with E-state index in [4.69, 9.17) is 10.2 Å². The molecule has 2 rings (SSSR count). The molecular weight excluding hydrogens is 266 g/mol. The number of benzene rings is 1. The molecule has 21 heavy (non-hydrogen) atoms. The summed E-state index contributed by atoms with van der Waals surface area (Å²) in [7, 11) is 1.91. The molecule has 5 nitrogen and oxygen atoms in total. The molecule has 0 saturated heterocycles. The van der Waals surface area contributed by atoms with Crippen LogP contribution >= 0.6 is 0 Å². The Morgan fingerprint density at radius 1 is 1.38 bits per heavy atom. The number of anilines is 1. The van der Waals surface area contributed by atoms with Crippen LogP contribution in [-0.4, -0.2) is 23.9 Å². The lowest BCUT2D eigenvalue weighted by Crippen LogP contribution is -2.39. The van der Waals surface area contributed by atoms with Gasteiger partial charge in [0, 0.05) is 24.3 Å². The molecule has 1 unspecified atom stereocenters. The number of rotatable bonds is 6. The maximum Gasteiger partial charge on any atom is 0.241 e. The van der Waals surface area contributed by atoms with Crippen molar-refractivity contribution in [3.63, 3.8) is 0 Å². The van der Waals surface area contributed by atoms with Crippen molar-refractivity contribution in [1.82, 2.24) is 4.90 Å². The molecule has 0 aliphatic heterocycles. The fraction of sp³-hybridized carbons (Fsp3) is 0.312. The molecule has 2 aromatic rings. The Hall–Kier alpha value is -2.11. The number of likely N-dealkylation sites (N-methyl/N-ethyl adjacent to an activating group) is 1. The van der Waals surface area contributed by atoms with Gasteiger partial charge < -0.3 is 15.5 Å². The van der Waals surface area contributed by atoms with E-state index in [-0.39, 0.29) is 11.9 Å². The molecule has 0 saturated carbocycles. The van der Waals surface area contributed by atoms with Crippen molar-refractivity contribution in [1.29, 1.82) is 0 Å². The van der Waals surface area contributed by atoms with Gasteiger partial charge in [-0.2, -0.15) is 0 Å². The summed E-state index contributed by atoms with van der Waals surface area (Å²) in [6.45, 7) is 3.00. The number of hydrogen-bond acceptors (Lipinski definition) is 4. The minimum absolute atomic E-state index is 0.0461. The van der Waals surface area contributed by atoms with Crippen LogP contribution in [0.15, 0.2) is 47.3 Å². The van der Waals surface area contributed by atoms with Gasteiger partial charge in [0.2, 0.25) is 5.91 Å². The van der Waals surface area contributed by atoms with Crippen molar-refractivity contribution in [2.24, 2.45) is 5.73 Å². The second-order valence-electron chi connectivity index (χ2n) is 5.12. The number of amides is 1. The fourth-order valence-electron chi connectivity index (χ4n) is 2.03. The van der Waals surface area contributed by atoms with E-state index in [0.29, 0.717) is 13.1 Å². The van der Waals surface area contributed by atoms with E-state index in [1.807, 2.05) is 49.2 Å². The number of furan rings is 1. The van der Waals surface area contributed by atoms with Gasteiger partial charge in [-0.15, -0.1) is 0 Å². The number of carbonyl (C=O) groups excluding carboxylic acids is 1. The Labute approximate surface area is 124 Å². The van der Waals surface area contributed by atoms with Gasteiger partial charge in [0.1, 0.15) is 0 Å². The zero-order chi connectivity index (χ0) is 15.2. The summed E-state index contributed by atoms with van der Waals surface area (Å²) in [5.41, 5.74) is 8.41. The second-order valence-corrected chi connectivity index (χ2v) is 5.12. The van der Waals surface area contributed by atoms with E-state index in [0.717, 1.165) is 16.8 Å². The minimum Gasteiger partial charge on any atom is -0.472 e. The van der Waals surface area contributed by atoms with Gasteiger partial charge >= 0.3 is 0 Å². The van der Waals surface area contributed by atoms with Crippen molar-refractivity contribution in [3.05, 3.63) is 54.0 Å². The molecule has 1 aromatic carbocycles. The van der Waals surface area contributed by atoms with Crippen LogP contribution in [0, 0.1) is 0 Å². The number of nitrogens with two attached hydrogens (primary N) is 1. The number of nitrogens with zero attached hydrogens (tertiary/aromatic N) is 1. The monoisotopic (exact) mass is 287 g/mol. The number of hydrogen-bond donors (Lipinski definition) is 2. The van der Waals surface area contributed by atoms with Gasteiger partial charge in [0.15, 0.2) is 0 Å². The predicted molar refractivity (Wildman–Crippen MR) is 82.6 cm³/mol. The quantitative estimate of drug-likeness (QED) is 0.854. The first-order valence-corrected chi connectivity index (χ1v) is 6.91. The van der Waals surface area contributed by atoms with Crippen LogP contribution in [0.5, 0.6) is 0 Å². The van der Waals surface area contributed by atoms with Crippen molar-refractivity contribution in [3.8, 4) is 0 Å². The van der Waals surface area contributed by atoms with Crippen LogP contribution in [0.3, 0.4) is 0 Å². The zero-order valence-electron chi connectivity index (χ0n) is 12.4. The lowest BCUT2D eigenvalue weighted by atomic mass is 10.2. The van der Waals surface area contributed by atoms with Crippen molar-refractivity contribution in [2.75, 3.05) is 12.4 Å². The van der Waals surface area contributed by atoms with E-state index < -0.39 is 0 Å². The summed E-state index contributed by atoms with van der Waals surface area (Å²) in [6, 6.07) is 9.22. The first-order chi connectivity index (χ1) is 10.1. The van der Waals surface area contributed by atoms with Crippen LogP contribution in [0.2, 0.25) is 0 Å². The summed E-state index contributed by atoms with van der Waals surface area (Å²) in [5.74, 6) is -0.0461. The van der Waals surface area contributed by atoms with Gasteiger partial charge in [-0.25, -0.2) is 0 Å². The smallest absolute Gasteiger partial charge is 0.241 e. The Kier molecular flexibility index (Phi) is 5.14. The molecule has 0 fully saturated rings. The van der Waals surface area contributed by atoms with Gasteiger partial charge in [-0.3, -0.25) is 9.69 Å². The van der Waals surface area contributed by atoms with Crippen molar-refractivity contribution < 1.29 is 9.21 Å². The van der Waals surface area contributed by atoms with E-state index in [1.165, 1.54) is 0 Å². The average molecular weight is 287 g/mol. The Bertz CT molecular complexity index is 581. The number of nitrogens with one attached hydrogen (secondary N) is 1. The summed E-state index contributed by atoms with van der Waals surface area (Å²) in [4.78, 5) is 14.2. The molecule has 0 aliphatic carbocycles. The SMILES string of the molecule is CC(C(=O)Nc1cccc(CN)c1)N(C)Cc1ccoc1. The highest BCUT2D eigenvalue weighted by atomic mass is 16.3. The first kappa shape index (κ1) is 15.3. The van der Waals surface area contributed by atoms with Crippen LogP contribution in [0.4, 0.5) is 5.69 Å². The number of carbonyl (C=O) groups is 1. The first-order valence-electron chi connectivity index (χ1n) is 6.91. The molecule has 3 N–H and O–H groups in total. The highest BCUT2D eigenvalue weighted by molar-refractivity contribution is 5.94. The van der Waals surface area contributed by atoms with Crippen LogP contribution in [0.25, 0.3) is 0 Å². The third-order valence-electron chi connectivity index (χ3n) is 3.48. The van der Waals surface area contributed by atoms with Gasteiger partial charge in [0.05, 0.1) is 18.6 Å². The van der Waals surface area contributed by atoms with Crippen LogP contribution in [-0.2, 0) is 17.9 Å². The third-order valence-corrected chi connectivity index (χ3v) is 3.48. The molecule has 1 heterocycles. The van der Waals surface area contributed by atoms with Gasteiger partial charge in [0.25, 0.3) is 0 Å². The lowest BCUT2D eigenvalue weighted by molar-refractivity contribution is -0.120. The van der Waals surface area contributed by atoms with E-state index in [1.54, 1.807) is 12.5 Å². The largest absolute Gasteiger partial charge is 0.472 e. The minimum atomic E-state index is -0.249. The highest BCUT2D eigenvalue weighted by Crippen LogP contribution is 2.12. The molecule has 112 valence electrons. The highest BCUT2D eigenvalue weighted by Gasteiger charge is 2.18. The molecule has 0 radical (unpaired) electrons. The summed E-state index contributed by atoms with van der Waals surface area (Å²) >= 11 is 0. The lowest BCUT2D eigenvalue weighted by Gasteiger charge is -2.23. The van der Waals surface area contributed by atoms with E-state index in [9.17, 15) is 4.79 Å². The van der Waals surface area contributed by atoms with E-state index in [2.05, 4.69) is 5.32 Å². The molecule has 1 atom stereocenters. The molecule has 0 spiro atoms. The molecule has 5 heteroatoms. The van der Waals surface area contributed by atoms with Crippen LogP contribution < -0.4 is 11.1 Å². The van der Waals surface area contributed by atoms with Gasteiger partial charge in [-0.05, 0) is 37.7 Å². The maximum atomic E-state index is 12.3. The summed E-state index contributed by atoms with van der Waals surface area (Å²) in [5, 5.41) is 2.92. The summed E-state index contributed by atoms with van der Waals surface area (Å²) < 4.78 is 5.04. The predicted octanol–water partition coefficient (Wildman–Crippen LogP) is 2.20.